The first kappa shape index (κ1) is 18.7. The van der Waals surface area contributed by atoms with E-state index in [0.29, 0.717) is 23.6 Å². The Labute approximate surface area is 151 Å². The lowest BCUT2D eigenvalue weighted by Crippen LogP contribution is -2.44. The maximum absolute atomic E-state index is 11.1. The molecule has 1 atom stereocenters. The fourth-order valence-corrected chi connectivity index (χ4v) is 3.62. The van der Waals surface area contributed by atoms with Crippen LogP contribution in [-0.4, -0.2) is 38.3 Å². The number of hydrogen-bond acceptors (Lipinski definition) is 7. The zero-order valence-electron chi connectivity index (χ0n) is 14.5. The van der Waals surface area contributed by atoms with Crippen LogP contribution in [-0.2, 0) is 36.3 Å². The largest absolute Gasteiger partial charge is 0.438 e. The maximum Gasteiger partial charge on any atom is 0.397 e. The summed E-state index contributed by atoms with van der Waals surface area (Å²) in [7, 11) is -1.96. The second-order valence-electron chi connectivity index (χ2n) is 5.81. The Balaban J connectivity index is 2.00. The van der Waals surface area contributed by atoms with Gasteiger partial charge in [0, 0.05) is 38.0 Å². The first-order valence-corrected chi connectivity index (χ1v) is 9.16. The number of methoxy groups -OCH3 is 2. The Morgan fingerprint density at radius 1 is 1.23 bits per heavy atom. The van der Waals surface area contributed by atoms with Crippen molar-refractivity contribution in [2.75, 3.05) is 14.2 Å². The minimum Gasteiger partial charge on any atom is -0.438 e. The third-order valence-corrected chi connectivity index (χ3v) is 4.84. The molecule has 0 fully saturated rings. The van der Waals surface area contributed by atoms with Gasteiger partial charge in [0.2, 0.25) is 11.7 Å². The molecule has 0 bridgehead atoms. The van der Waals surface area contributed by atoms with E-state index in [4.69, 9.17) is 18.8 Å². The van der Waals surface area contributed by atoms with Gasteiger partial charge in [-0.25, -0.2) is 9.17 Å². The molecule has 0 radical (unpaired) electrons. The maximum atomic E-state index is 11.1. The molecule has 0 aliphatic carbocycles. The van der Waals surface area contributed by atoms with Gasteiger partial charge in [-0.2, -0.15) is 8.42 Å². The molecule has 1 aromatic heterocycles. The van der Waals surface area contributed by atoms with Crippen molar-refractivity contribution in [3.63, 3.8) is 0 Å². The topological polar surface area (TPSA) is 104 Å². The van der Waals surface area contributed by atoms with Crippen molar-refractivity contribution in [2.24, 2.45) is 0 Å². The van der Waals surface area contributed by atoms with Crippen LogP contribution in [0.15, 0.2) is 36.5 Å². The van der Waals surface area contributed by atoms with E-state index in [9.17, 15) is 8.42 Å². The van der Waals surface area contributed by atoms with E-state index in [1.165, 1.54) is 21.1 Å². The molecule has 0 amide bonds. The van der Waals surface area contributed by atoms with Crippen LogP contribution in [0.3, 0.4) is 0 Å². The van der Waals surface area contributed by atoms with E-state index in [1.54, 1.807) is 24.4 Å². The van der Waals surface area contributed by atoms with Crippen LogP contribution in [0.1, 0.15) is 23.6 Å². The normalized spacial score (nSPS) is 14.9. The van der Waals surface area contributed by atoms with Crippen LogP contribution in [0.5, 0.6) is 11.6 Å². The molecule has 1 aromatic carbocycles. The Bertz CT molecular complexity index is 909. The standard InChI is InChI=1S/C17H19NO7S/c1-11(25-26(19,20)21)17(22-2,23-3)14-6-7-15-13(10-14)9-12-5-4-8-18-16(12)24-15/h4-8,10-11H,9H2,1-3H3,(H,19,20,21). The molecule has 1 aliphatic rings. The lowest BCUT2D eigenvalue weighted by Gasteiger charge is -2.36. The molecule has 0 spiro atoms. The highest BCUT2D eigenvalue weighted by Gasteiger charge is 2.42. The summed E-state index contributed by atoms with van der Waals surface area (Å²) < 4.78 is 52.6. The van der Waals surface area contributed by atoms with E-state index in [2.05, 4.69) is 9.17 Å². The number of nitrogens with zero attached hydrogens (tertiary/aromatic N) is 1. The van der Waals surface area contributed by atoms with E-state index in [-0.39, 0.29) is 0 Å². The number of rotatable bonds is 6. The van der Waals surface area contributed by atoms with Gasteiger partial charge in [-0.1, -0.05) is 6.07 Å². The van der Waals surface area contributed by atoms with Gasteiger partial charge in [-0.15, -0.1) is 0 Å². The first-order chi connectivity index (χ1) is 12.3. The van der Waals surface area contributed by atoms with Crippen molar-refractivity contribution in [3.05, 3.63) is 53.2 Å². The highest BCUT2D eigenvalue weighted by atomic mass is 32.3. The van der Waals surface area contributed by atoms with Crippen LogP contribution in [0.25, 0.3) is 0 Å². The van der Waals surface area contributed by atoms with Gasteiger partial charge in [-0.3, -0.25) is 4.55 Å². The van der Waals surface area contributed by atoms with Crippen LogP contribution >= 0.6 is 0 Å². The zero-order chi connectivity index (χ0) is 18.9. The Morgan fingerprint density at radius 2 is 1.96 bits per heavy atom. The predicted molar refractivity (Wildman–Crippen MR) is 91.4 cm³/mol. The van der Waals surface area contributed by atoms with Gasteiger partial charge in [0.25, 0.3) is 0 Å². The highest BCUT2D eigenvalue weighted by Crippen LogP contribution is 2.39. The second kappa shape index (κ2) is 6.93. The molecule has 1 aliphatic heterocycles. The molecule has 0 saturated heterocycles. The molecule has 2 aromatic rings. The summed E-state index contributed by atoms with van der Waals surface area (Å²) in [6.07, 6.45) is 1.10. The number of hydrogen-bond donors (Lipinski definition) is 1. The third-order valence-electron chi connectivity index (χ3n) is 4.31. The number of fused-ring (bicyclic) bond motifs is 2. The average Bonchev–Trinajstić information content (AvgIpc) is 2.60. The molecular weight excluding hydrogens is 362 g/mol. The van der Waals surface area contributed by atoms with Gasteiger partial charge in [0.15, 0.2) is 0 Å². The van der Waals surface area contributed by atoms with Crippen molar-refractivity contribution < 1.29 is 31.4 Å². The minimum atomic E-state index is -4.68. The van der Waals surface area contributed by atoms with E-state index in [1.807, 2.05) is 12.1 Å². The number of ether oxygens (including phenoxy) is 3. The van der Waals surface area contributed by atoms with Gasteiger partial charge >= 0.3 is 10.4 Å². The van der Waals surface area contributed by atoms with E-state index < -0.39 is 22.3 Å². The van der Waals surface area contributed by atoms with Gasteiger partial charge < -0.3 is 14.2 Å². The highest BCUT2D eigenvalue weighted by molar-refractivity contribution is 7.80. The molecule has 1 unspecified atom stereocenters. The third kappa shape index (κ3) is 3.44. The van der Waals surface area contributed by atoms with Crippen molar-refractivity contribution in [3.8, 4) is 11.6 Å². The quantitative estimate of drug-likeness (QED) is 0.513. The lowest BCUT2D eigenvalue weighted by molar-refractivity contribution is -0.258. The summed E-state index contributed by atoms with van der Waals surface area (Å²) in [5.74, 6) is -0.343. The SMILES string of the molecule is COC(OC)(c1ccc2c(c1)Cc1cccnc1O2)C(C)OS(=O)(=O)O. The number of aromatic nitrogens is 1. The molecule has 3 rings (SSSR count). The molecule has 1 N–H and O–H groups in total. The molecule has 0 saturated carbocycles. The van der Waals surface area contributed by atoms with Gasteiger partial charge in [0.1, 0.15) is 11.9 Å². The molecule has 2 heterocycles. The number of pyridine rings is 1. The molecule has 140 valence electrons. The Hall–Kier alpha value is -2.04. The second-order valence-corrected chi connectivity index (χ2v) is 6.86. The average molecular weight is 381 g/mol. The molecule has 8 nitrogen and oxygen atoms in total. The number of benzene rings is 1. The van der Waals surface area contributed by atoms with Crippen molar-refractivity contribution in [1.82, 2.24) is 4.98 Å². The summed E-state index contributed by atoms with van der Waals surface area (Å²) in [5.41, 5.74) is 2.31. The van der Waals surface area contributed by atoms with Crippen LogP contribution in [0.2, 0.25) is 0 Å². The summed E-state index contributed by atoms with van der Waals surface area (Å²) in [6.45, 7) is 1.43. The van der Waals surface area contributed by atoms with Crippen molar-refractivity contribution in [1.29, 1.82) is 0 Å². The van der Waals surface area contributed by atoms with Crippen LogP contribution in [0, 0.1) is 0 Å². The monoisotopic (exact) mass is 381 g/mol. The summed E-state index contributed by atoms with van der Waals surface area (Å²) in [4.78, 5) is 4.20. The first-order valence-electron chi connectivity index (χ1n) is 7.80. The Morgan fingerprint density at radius 3 is 2.62 bits per heavy atom. The van der Waals surface area contributed by atoms with Crippen molar-refractivity contribution in [2.45, 2.75) is 25.2 Å². The summed E-state index contributed by atoms with van der Waals surface area (Å²) >= 11 is 0. The van der Waals surface area contributed by atoms with E-state index in [0.717, 1.165) is 11.1 Å². The molecule has 26 heavy (non-hydrogen) atoms. The fourth-order valence-electron chi connectivity index (χ4n) is 3.13. The molecular formula is C17H19NO7S. The minimum absolute atomic E-state index is 0.522. The summed E-state index contributed by atoms with van der Waals surface area (Å²) in [5, 5.41) is 0. The van der Waals surface area contributed by atoms with Gasteiger partial charge in [0.05, 0.1) is 0 Å². The van der Waals surface area contributed by atoms with Crippen LogP contribution in [0.4, 0.5) is 0 Å². The Kier molecular flexibility index (Phi) is 5.00. The smallest absolute Gasteiger partial charge is 0.397 e. The zero-order valence-corrected chi connectivity index (χ0v) is 15.3. The lowest BCUT2D eigenvalue weighted by atomic mass is 9.94. The predicted octanol–water partition coefficient (Wildman–Crippen LogP) is 2.43. The van der Waals surface area contributed by atoms with Crippen molar-refractivity contribution >= 4 is 10.4 Å². The fraction of sp³-hybridized carbons (Fsp3) is 0.353. The van der Waals surface area contributed by atoms with Crippen LogP contribution < -0.4 is 4.74 Å². The summed E-state index contributed by atoms with van der Waals surface area (Å²) in [6, 6.07) is 8.95. The van der Waals surface area contributed by atoms with Gasteiger partial charge in [-0.05, 0) is 36.8 Å². The molecule has 9 heteroatoms. The van der Waals surface area contributed by atoms with E-state index >= 15 is 0 Å².